The summed E-state index contributed by atoms with van der Waals surface area (Å²) in [4.78, 5) is 18.2. The summed E-state index contributed by atoms with van der Waals surface area (Å²) in [6.07, 6.45) is 0. The second-order valence-corrected chi connectivity index (χ2v) is 15.2. The first kappa shape index (κ1) is 35.9. The van der Waals surface area contributed by atoms with E-state index in [2.05, 4.69) is 223 Å². The van der Waals surface area contributed by atoms with Gasteiger partial charge in [0, 0.05) is 49.8 Å². The van der Waals surface area contributed by atoms with Gasteiger partial charge >= 0.3 is 0 Å². The van der Waals surface area contributed by atoms with Gasteiger partial charge in [0.15, 0.2) is 5.82 Å². The molecule has 0 fully saturated rings. The lowest BCUT2D eigenvalue weighted by Gasteiger charge is -2.27. The number of nitrogens with zero attached hydrogens (tertiary/aromatic N) is 4. The quantitative estimate of drug-likeness (QED) is 0.144. The van der Waals surface area contributed by atoms with Crippen molar-refractivity contribution in [2.45, 2.75) is 0 Å². The highest BCUT2D eigenvalue weighted by atomic mass is 15.1. The van der Waals surface area contributed by atoms with E-state index in [1.54, 1.807) is 0 Å². The highest BCUT2D eigenvalue weighted by Crippen LogP contribution is 2.43. The van der Waals surface area contributed by atoms with Crippen molar-refractivity contribution in [3.05, 3.63) is 231 Å². The molecule has 0 aliphatic carbocycles. The van der Waals surface area contributed by atoms with Gasteiger partial charge in [-0.3, -0.25) is 0 Å². The maximum Gasteiger partial charge on any atom is 0.160 e. The maximum absolute atomic E-state index is 5.62. The molecule has 4 heteroatoms. The molecule has 0 aliphatic heterocycles. The topological polar surface area (TPSA) is 41.9 Å². The first-order chi connectivity index (χ1) is 30.2. The molecule has 0 aliphatic rings. The Morgan fingerprint density at radius 3 is 1.46 bits per heavy atom. The van der Waals surface area contributed by atoms with Crippen LogP contribution in [0.15, 0.2) is 231 Å². The predicted octanol–water partition coefficient (Wildman–Crippen LogP) is 15.1. The summed E-state index contributed by atoms with van der Waals surface area (Å²) in [5.41, 5.74) is 13.1. The summed E-state index contributed by atoms with van der Waals surface area (Å²) < 4.78 is 0. The minimum Gasteiger partial charge on any atom is -0.308 e. The van der Waals surface area contributed by atoms with Crippen molar-refractivity contribution in [2.75, 3.05) is 4.90 Å². The molecule has 9 aromatic carbocycles. The molecule has 0 saturated heterocycles. The number of hydrogen-bond acceptors (Lipinski definition) is 4. The van der Waals surface area contributed by atoms with Gasteiger partial charge in [-0.1, -0.05) is 194 Å². The number of anilines is 3. The van der Waals surface area contributed by atoms with Crippen molar-refractivity contribution >= 4 is 49.5 Å². The number of benzene rings is 9. The number of pyridine rings is 1. The molecule has 0 radical (unpaired) electrons. The van der Waals surface area contributed by atoms with E-state index in [-0.39, 0.29) is 0 Å². The number of aromatic nitrogens is 3. The van der Waals surface area contributed by atoms with E-state index >= 15 is 0 Å². The average molecular weight is 779 g/mol. The van der Waals surface area contributed by atoms with E-state index in [1.165, 1.54) is 21.7 Å². The molecule has 0 unspecified atom stereocenters. The third kappa shape index (κ3) is 6.76. The summed E-state index contributed by atoms with van der Waals surface area (Å²) in [6.45, 7) is 0. The average Bonchev–Trinajstić information content (AvgIpc) is 3.35. The summed E-state index contributed by atoms with van der Waals surface area (Å²) in [6, 6.07) is 80.8. The molecule has 2 aromatic heterocycles. The molecule has 11 rings (SSSR count). The highest BCUT2D eigenvalue weighted by molar-refractivity contribution is 6.24. The van der Waals surface area contributed by atoms with Crippen LogP contribution in [0.25, 0.3) is 88.7 Å². The molecule has 0 spiro atoms. The van der Waals surface area contributed by atoms with Crippen molar-refractivity contribution in [1.29, 1.82) is 0 Å². The molecule has 0 amide bonds. The molecular weight excluding hydrogens is 741 g/mol. The fourth-order valence-electron chi connectivity index (χ4n) is 8.49. The van der Waals surface area contributed by atoms with Crippen LogP contribution in [-0.4, -0.2) is 15.0 Å². The number of rotatable bonds is 8. The van der Waals surface area contributed by atoms with Crippen LogP contribution in [0, 0.1) is 0 Å². The van der Waals surface area contributed by atoms with Crippen LogP contribution in [0.2, 0.25) is 0 Å². The van der Waals surface area contributed by atoms with Gasteiger partial charge in [-0.25, -0.2) is 15.0 Å². The Morgan fingerprint density at radius 2 is 0.803 bits per heavy atom. The Labute approximate surface area is 354 Å². The third-order valence-electron chi connectivity index (χ3n) is 11.5. The van der Waals surface area contributed by atoms with Gasteiger partial charge in [0.25, 0.3) is 0 Å². The smallest absolute Gasteiger partial charge is 0.160 e. The van der Waals surface area contributed by atoms with Crippen LogP contribution in [0.1, 0.15) is 0 Å². The number of fused-ring (bicyclic) bond motifs is 5. The van der Waals surface area contributed by atoms with Crippen molar-refractivity contribution in [2.24, 2.45) is 0 Å². The summed E-state index contributed by atoms with van der Waals surface area (Å²) in [5.74, 6) is 0.683. The fraction of sp³-hybridized carbons (Fsp3) is 0. The monoisotopic (exact) mass is 778 g/mol. The summed E-state index contributed by atoms with van der Waals surface area (Å²) in [5, 5.41) is 5.81. The molecule has 0 N–H and O–H groups in total. The van der Waals surface area contributed by atoms with E-state index in [1.807, 2.05) is 12.1 Å². The van der Waals surface area contributed by atoms with E-state index in [0.29, 0.717) is 5.82 Å². The zero-order chi connectivity index (χ0) is 40.5. The number of para-hydroxylation sites is 3. The first-order valence-corrected chi connectivity index (χ1v) is 20.6. The summed E-state index contributed by atoms with van der Waals surface area (Å²) in [7, 11) is 0. The second kappa shape index (κ2) is 15.5. The van der Waals surface area contributed by atoms with Gasteiger partial charge in [-0.2, -0.15) is 0 Å². The SMILES string of the molecule is c1ccc(-c2ccc(-c3nc(-c4ccccc4)cc(-c4ccc(-c5nc6c(N(c7ccccc7)c7ccccc7)cccc6c6c5ccc5ccccc56)cc4)n3)cc2)cc1. The van der Waals surface area contributed by atoms with Crippen LogP contribution >= 0.6 is 0 Å². The van der Waals surface area contributed by atoms with E-state index in [4.69, 9.17) is 15.0 Å². The molecule has 0 saturated carbocycles. The minimum atomic E-state index is 0.683. The third-order valence-corrected chi connectivity index (χ3v) is 11.5. The molecule has 286 valence electrons. The molecule has 0 bridgehead atoms. The van der Waals surface area contributed by atoms with Crippen LogP contribution in [0.3, 0.4) is 0 Å². The molecular formula is C57H38N4. The molecule has 61 heavy (non-hydrogen) atoms. The lowest BCUT2D eigenvalue weighted by atomic mass is 9.94. The van der Waals surface area contributed by atoms with Crippen LogP contribution in [0.4, 0.5) is 17.1 Å². The zero-order valence-corrected chi connectivity index (χ0v) is 33.2. The van der Waals surface area contributed by atoms with E-state index in [0.717, 1.165) is 78.3 Å². The molecule has 2 heterocycles. The van der Waals surface area contributed by atoms with Crippen LogP contribution in [-0.2, 0) is 0 Å². The Hall–Kier alpha value is -8.21. The maximum atomic E-state index is 5.62. The minimum absolute atomic E-state index is 0.683. The highest BCUT2D eigenvalue weighted by Gasteiger charge is 2.20. The lowest BCUT2D eigenvalue weighted by molar-refractivity contribution is 1.18. The van der Waals surface area contributed by atoms with E-state index < -0.39 is 0 Å². The summed E-state index contributed by atoms with van der Waals surface area (Å²) >= 11 is 0. The van der Waals surface area contributed by atoms with Crippen molar-refractivity contribution in [3.63, 3.8) is 0 Å². The van der Waals surface area contributed by atoms with Gasteiger partial charge < -0.3 is 4.90 Å². The van der Waals surface area contributed by atoms with Gasteiger partial charge in [-0.15, -0.1) is 0 Å². The van der Waals surface area contributed by atoms with Gasteiger partial charge in [0.1, 0.15) is 0 Å². The molecule has 4 nitrogen and oxygen atoms in total. The largest absolute Gasteiger partial charge is 0.308 e. The Morgan fingerprint density at radius 1 is 0.311 bits per heavy atom. The van der Waals surface area contributed by atoms with Crippen LogP contribution in [0.5, 0.6) is 0 Å². The van der Waals surface area contributed by atoms with Crippen molar-refractivity contribution in [1.82, 2.24) is 15.0 Å². The second-order valence-electron chi connectivity index (χ2n) is 15.2. The van der Waals surface area contributed by atoms with Crippen molar-refractivity contribution < 1.29 is 0 Å². The Balaban J connectivity index is 1.07. The lowest BCUT2D eigenvalue weighted by Crippen LogP contribution is -2.11. The first-order valence-electron chi connectivity index (χ1n) is 20.6. The zero-order valence-electron chi connectivity index (χ0n) is 33.2. The normalized spacial score (nSPS) is 11.3. The van der Waals surface area contributed by atoms with Gasteiger partial charge in [0.2, 0.25) is 0 Å². The molecule has 11 aromatic rings. The van der Waals surface area contributed by atoms with Gasteiger partial charge in [-0.05, 0) is 58.3 Å². The standard InChI is InChI=1S/C57H38N4/c1-5-16-39(17-6-1)40-28-34-45(35-29-40)57-58-51(42-19-7-2-8-20-42)38-52(59-57)43-30-32-44(33-31-43)55-50-37-36-41-18-13-14-25-48(41)54(50)49-26-15-27-53(56(49)60-55)61(46-21-9-3-10-22-46)47-23-11-4-12-24-47/h1-38H. The van der Waals surface area contributed by atoms with Gasteiger partial charge in [0.05, 0.1) is 28.3 Å². The molecule has 0 atom stereocenters. The van der Waals surface area contributed by atoms with E-state index in [9.17, 15) is 0 Å². The predicted molar refractivity (Wildman–Crippen MR) is 254 cm³/mol. The van der Waals surface area contributed by atoms with Crippen molar-refractivity contribution in [3.8, 4) is 56.3 Å². The number of hydrogen-bond donors (Lipinski definition) is 0. The fourth-order valence-corrected chi connectivity index (χ4v) is 8.49. The Kier molecular flexibility index (Phi) is 9.14. The Bertz CT molecular complexity index is 3280. The van der Waals surface area contributed by atoms with Crippen LogP contribution < -0.4 is 4.90 Å².